The van der Waals surface area contributed by atoms with Gasteiger partial charge in [-0.2, -0.15) is 0 Å². The van der Waals surface area contributed by atoms with E-state index in [-0.39, 0.29) is 18.0 Å². The minimum atomic E-state index is -1.21. The quantitative estimate of drug-likeness (QED) is 0.626. The van der Waals surface area contributed by atoms with E-state index in [9.17, 15) is 14.9 Å². The Morgan fingerprint density at radius 1 is 1.41 bits per heavy atom. The maximum absolute atomic E-state index is 10.9. The molecule has 0 radical (unpaired) electrons. The van der Waals surface area contributed by atoms with E-state index in [1.54, 1.807) is 6.07 Å². The Morgan fingerprint density at radius 2 is 2.12 bits per heavy atom. The number of para-hydroxylation sites is 1. The largest absolute Gasteiger partial charge is 0.479 e. The minimum Gasteiger partial charge on any atom is -0.479 e. The molecule has 1 aromatic rings. The van der Waals surface area contributed by atoms with E-state index in [0.29, 0.717) is 0 Å². The highest BCUT2D eigenvalue weighted by Gasteiger charge is 2.39. The Morgan fingerprint density at radius 3 is 2.76 bits per heavy atom. The predicted molar refractivity (Wildman–Crippen MR) is 54.3 cm³/mol. The van der Waals surface area contributed by atoms with Crippen LogP contribution in [0.2, 0.25) is 0 Å². The van der Waals surface area contributed by atoms with Crippen molar-refractivity contribution < 1.29 is 24.3 Å². The highest BCUT2D eigenvalue weighted by atomic mass is 16.7. The van der Waals surface area contributed by atoms with Crippen molar-refractivity contribution in [2.75, 3.05) is 6.79 Å². The fourth-order valence-corrected chi connectivity index (χ4v) is 1.71. The summed E-state index contributed by atoms with van der Waals surface area (Å²) in [6.07, 6.45) is -2.16. The van der Waals surface area contributed by atoms with Crippen molar-refractivity contribution in [1.29, 1.82) is 0 Å². The van der Waals surface area contributed by atoms with Gasteiger partial charge in [0.2, 0.25) is 0 Å². The van der Waals surface area contributed by atoms with Crippen LogP contribution in [-0.4, -0.2) is 28.9 Å². The van der Waals surface area contributed by atoms with Crippen LogP contribution in [0.25, 0.3) is 0 Å². The van der Waals surface area contributed by atoms with E-state index in [0.717, 1.165) is 0 Å². The van der Waals surface area contributed by atoms with Gasteiger partial charge in [0.25, 0.3) is 5.69 Å². The van der Waals surface area contributed by atoms with Crippen molar-refractivity contribution in [3.8, 4) is 0 Å². The van der Waals surface area contributed by atoms with Gasteiger partial charge in [0, 0.05) is 6.07 Å². The zero-order chi connectivity index (χ0) is 12.4. The summed E-state index contributed by atoms with van der Waals surface area (Å²) in [5.74, 6) is -1.20. The van der Waals surface area contributed by atoms with Crippen LogP contribution in [0.1, 0.15) is 11.7 Å². The summed E-state index contributed by atoms with van der Waals surface area (Å²) in [5.41, 5.74) is 0.0386. The standard InChI is InChI=1S/C10H9NO6/c12-10(13)9-8(16-5-17-9)6-3-1-2-4-7(6)11(14)15/h1-4,8-9H,5H2,(H,12,13). The molecule has 0 bridgehead atoms. The van der Waals surface area contributed by atoms with E-state index in [4.69, 9.17) is 14.6 Å². The van der Waals surface area contributed by atoms with Crippen LogP contribution in [0.3, 0.4) is 0 Å². The number of carboxylic acids is 1. The molecule has 1 N–H and O–H groups in total. The molecule has 0 aliphatic carbocycles. The van der Waals surface area contributed by atoms with Crippen LogP contribution in [-0.2, 0) is 14.3 Å². The highest BCUT2D eigenvalue weighted by Crippen LogP contribution is 2.34. The molecule has 1 aliphatic rings. The second-order valence-corrected chi connectivity index (χ2v) is 3.45. The molecular weight excluding hydrogens is 230 g/mol. The number of carbonyl (C=O) groups is 1. The smallest absolute Gasteiger partial charge is 0.336 e. The third kappa shape index (κ3) is 2.10. The first-order valence-corrected chi connectivity index (χ1v) is 4.80. The number of nitro groups is 1. The van der Waals surface area contributed by atoms with Gasteiger partial charge in [-0.05, 0) is 6.07 Å². The first-order chi connectivity index (χ1) is 8.11. The average molecular weight is 239 g/mol. The summed E-state index contributed by atoms with van der Waals surface area (Å²) in [6, 6.07) is 5.86. The van der Waals surface area contributed by atoms with Crippen molar-refractivity contribution in [2.45, 2.75) is 12.2 Å². The molecule has 0 amide bonds. The van der Waals surface area contributed by atoms with Crippen molar-refractivity contribution in [3.63, 3.8) is 0 Å². The van der Waals surface area contributed by atoms with Crippen LogP contribution >= 0.6 is 0 Å². The summed E-state index contributed by atoms with van der Waals surface area (Å²) in [7, 11) is 0. The number of carboxylic acid groups (broad SMARTS) is 1. The predicted octanol–water partition coefficient (Wildman–Crippen LogP) is 1.09. The molecule has 1 saturated heterocycles. The molecule has 1 aromatic carbocycles. The Kier molecular flexibility index (Phi) is 3.03. The van der Waals surface area contributed by atoms with E-state index in [1.807, 2.05) is 0 Å². The van der Waals surface area contributed by atoms with Gasteiger partial charge in [0.15, 0.2) is 6.10 Å². The van der Waals surface area contributed by atoms with Gasteiger partial charge in [-0.15, -0.1) is 0 Å². The number of benzene rings is 1. The monoisotopic (exact) mass is 239 g/mol. The zero-order valence-electron chi connectivity index (χ0n) is 8.61. The summed E-state index contributed by atoms with van der Waals surface area (Å²) < 4.78 is 9.97. The van der Waals surface area contributed by atoms with Crippen molar-refractivity contribution in [2.24, 2.45) is 0 Å². The van der Waals surface area contributed by atoms with Crippen LogP contribution in [0.4, 0.5) is 5.69 Å². The normalized spacial score (nSPS) is 23.5. The molecule has 7 heteroatoms. The molecule has 2 rings (SSSR count). The van der Waals surface area contributed by atoms with Crippen LogP contribution < -0.4 is 0 Å². The van der Waals surface area contributed by atoms with E-state index in [1.165, 1.54) is 18.2 Å². The Labute approximate surface area is 95.7 Å². The molecular formula is C10H9NO6. The van der Waals surface area contributed by atoms with Crippen LogP contribution in [0, 0.1) is 10.1 Å². The lowest BCUT2D eigenvalue weighted by atomic mass is 10.0. The SMILES string of the molecule is O=C(O)C1OCOC1c1ccccc1[N+](=O)[O-]. The first kappa shape index (κ1) is 11.5. The van der Waals surface area contributed by atoms with E-state index >= 15 is 0 Å². The molecule has 1 fully saturated rings. The molecule has 1 heterocycles. The number of aliphatic carboxylic acids is 1. The van der Waals surface area contributed by atoms with Gasteiger partial charge in [-0.25, -0.2) is 4.79 Å². The number of rotatable bonds is 3. The molecule has 0 spiro atoms. The van der Waals surface area contributed by atoms with Gasteiger partial charge >= 0.3 is 5.97 Å². The third-order valence-electron chi connectivity index (χ3n) is 2.45. The van der Waals surface area contributed by atoms with Crippen molar-refractivity contribution in [3.05, 3.63) is 39.9 Å². The topological polar surface area (TPSA) is 98.9 Å². The molecule has 17 heavy (non-hydrogen) atoms. The van der Waals surface area contributed by atoms with Crippen LogP contribution in [0.5, 0.6) is 0 Å². The van der Waals surface area contributed by atoms with Gasteiger partial charge < -0.3 is 14.6 Å². The molecule has 7 nitrogen and oxygen atoms in total. The highest BCUT2D eigenvalue weighted by molar-refractivity contribution is 5.74. The van der Waals surface area contributed by atoms with E-state index < -0.39 is 23.1 Å². The molecule has 0 aromatic heterocycles. The molecule has 2 unspecified atom stereocenters. The van der Waals surface area contributed by atoms with E-state index in [2.05, 4.69) is 0 Å². The van der Waals surface area contributed by atoms with Gasteiger partial charge in [-0.3, -0.25) is 10.1 Å². The maximum atomic E-state index is 10.9. The first-order valence-electron chi connectivity index (χ1n) is 4.80. The second kappa shape index (κ2) is 4.48. The molecule has 0 saturated carbocycles. The van der Waals surface area contributed by atoms with Crippen LogP contribution in [0.15, 0.2) is 24.3 Å². The maximum Gasteiger partial charge on any atom is 0.336 e. The number of ether oxygens (including phenoxy) is 2. The summed E-state index contributed by atoms with van der Waals surface area (Å²) >= 11 is 0. The Balaban J connectivity index is 2.39. The summed E-state index contributed by atoms with van der Waals surface area (Å²) in [6.45, 7) is -0.187. The third-order valence-corrected chi connectivity index (χ3v) is 2.45. The minimum absolute atomic E-state index is 0.172. The zero-order valence-corrected chi connectivity index (χ0v) is 8.61. The lowest BCUT2D eigenvalue weighted by Crippen LogP contribution is -2.25. The van der Waals surface area contributed by atoms with Gasteiger partial charge in [-0.1, -0.05) is 12.1 Å². The summed E-state index contributed by atoms with van der Waals surface area (Å²) in [5, 5.41) is 19.7. The Hall–Kier alpha value is -1.99. The number of nitrogens with zero attached hydrogens (tertiary/aromatic N) is 1. The average Bonchev–Trinajstić information content (AvgIpc) is 2.77. The van der Waals surface area contributed by atoms with Crippen molar-refractivity contribution in [1.82, 2.24) is 0 Å². The fourth-order valence-electron chi connectivity index (χ4n) is 1.71. The molecule has 1 aliphatic heterocycles. The second-order valence-electron chi connectivity index (χ2n) is 3.45. The number of hydrogen-bond acceptors (Lipinski definition) is 5. The van der Waals surface area contributed by atoms with Gasteiger partial charge in [0.1, 0.15) is 12.9 Å². The fraction of sp³-hybridized carbons (Fsp3) is 0.300. The Bertz CT molecular complexity index is 460. The van der Waals surface area contributed by atoms with Crippen molar-refractivity contribution >= 4 is 11.7 Å². The lowest BCUT2D eigenvalue weighted by molar-refractivity contribution is -0.386. The lowest BCUT2D eigenvalue weighted by Gasteiger charge is -2.13. The molecule has 90 valence electrons. The number of nitro benzene ring substituents is 1. The van der Waals surface area contributed by atoms with Gasteiger partial charge in [0.05, 0.1) is 10.5 Å². The number of hydrogen-bond donors (Lipinski definition) is 1. The molecule has 2 atom stereocenters. The summed E-state index contributed by atoms with van der Waals surface area (Å²) in [4.78, 5) is 21.1.